The van der Waals surface area contributed by atoms with Crippen molar-refractivity contribution >= 4 is 6.29 Å². The lowest BCUT2D eigenvalue weighted by Crippen LogP contribution is -2.30. The average Bonchev–Trinajstić information content (AvgIpc) is 2.73. The van der Waals surface area contributed by atoms with Gasteiger partial charge in [-0.05, 0) is 25.2 Å². The van der Waals surface area contributed by atoms with Crippen molar-refractivity contribution < 1.29 is 13.6 Å². The van der Waals surface area contributed by atoms with Gasteiger partial charge in [0.15, 0.2) is 0 Å². The summed E-state index contributed by atoms with van der Waals surface area (Å²) in [5.74, 6) is -2.49. The second-order valence-electron chi connectivity index (χ2n) is 5.55. The molecule has 0 saturated heterocycles. The maximum Gasteiger partial charge on any atom is 0.251 e. The lowest BCUT2D eigenvalue weighted by molar-refractivity contribution is -0.119. The number of rotatable bonds is 3. The highest BCUT2D eigenvalue weighted by Crippen LogP contribution is 2.56. The van der Waals surface area contributed by atoms with E-state index in [1.807, 2.05) is 0 Å². The van der Waals surface area contributed by atoms with Crippen molar-refractivity contribution in [1.29, 1.82) is 0 Å². The first-order valence-electron chi connectivity index (χ1n) is 5.82. The van der Waals surface area contributed by atoms with E-state index in [-0.39, 0.29) is 6.42 Å². The molecule has 0 aromatic rings. The molecule has 3 unspecified atom stereocenters. The van der Waals surface area contributed by atoms with Gasteiger partial charge in [0, 0.05) is 17.8 Å². The number of halogens is 2. The van der Waals surface area contributed by atoms with Gasteiger partial charge in [0.25, 0.3) is 5.92 Å². The zero-order chi connectivity index (χ0) is 11.1. The van der Waals surface area contributed by atoms with Crippen molar-refractivity contribution in [2.75, 3.05) is 0 Å². The fraction of sp³-hybridized carbons (Fsp3) is 0.917. The van der Waals surface area contributed by atoms with Crippen LogP contribution in [0.3, 0.4) is 0 Å². The molecule has 2 saturated carbocycles. The number of hydrogen-bond acceptors (Lipinski definition) is 1. The van der Waals surface area contributed by atoms with Gasteiger partial charge in [-0.1, -0.05) is 19.8 Å². The average molecular weight is 216 g/mol. The zero-order valence-electron chi connectivity index (χ0n) is 9.14. The summed E-state index contributed by atoms with van der Waals surface area (Å²) in [6.45, 7) is 2.11. The van der Waals surface area contributed by atoms with E-state index in [2.05, 4.69) is 6.92 Å². The molecule has 3 atom stereocenters. The molecule has 2 fully saturated rings. The fourth-order valence-electron chi connectivity index (χ4n) is 3.02. The lowest BCUT2D eigenvalue weighted by Gasteiger charge is -2.35. The molecule has 0 aliphatic heterocycles. The van der Waals surface area contributed by atoms with Crippen LogP contribution in [0.2, 0.25) is 0 Å². The van der Waals surface area contributed by atoms with Gasteiger partial charge in [-0.2, -0.15) is 0 Å². The number of alkyl halides is 2. The first kappa shape index (κ1) is 11.0. The highest BCUT2D eigenvalue weighted by atomic mass is 19.3. The Morgan fingerprint density at radius 3 is 2.53 bits per heavy atom. The number of carbonyl (C=O) groups is 1. The Morgan fingerprint density at radius 2 is 2.07 bits per heavy atom. The second kappa shape index (κ2) is 3.53. The van der Waals surface area contributed by atoms with Gasteiger partial charge in [-0.3, -0.25) is 0 Å². The number of carbonyl (C=O) groups excluding carboxylic acids is 1. The molecule has 2 aliphatic carbocycles. The molecule has 0 radical (unpaired) electrons. The summed E-state index contributed by atoms with van der Waals surface area (Å²) in [5.41, 5.74) is -0.428. The molecule has 0 N–H and O–H groups in total. The first-order chi connectivity index (χ1) is 6.97. The summed E-state index contributed by atoms with van der Waals surface area (Å²) in [4.78, 5) is 11.2. The molecule has 2 aliphatic rings. The molecular formula is C12H18F2O. The molecule has 0 spiro atoms. The predicted octanol–water partition coefficient (Wildman–Crippen LogP) is 3.43. The maximum atomic E-state index is 12.8. The van der Waals surface area contributed by atoms with Gasteiger partial charge < -0.3 is 4.79 Å². The van der Waals surface area contributed by atoms with E-state index in [9.17, 15) is 13.6 Å². The summed E-state index contributed by atoms with van der Waals surface area (Å²) < 4.78 is 25.7. The van der Waals surface area contributed by atoms with E-state index >= 15 is 0 Å². The van der Waals surface area contributed by atoms with Crippen LogP contribution in [-0.4, -0.2) is 12.2 Å². The lowest BCUT2D eigenvalue weighted by atomic mass is 9.68. The van der Waals surface area contributed by atoms with Gasteiger partial charge >= 0.3 is 0 Å². The Bertz CT molecular complexity index is 264. The van der Waals surface area contributed by atoms with Crippen molar-refractivity contribution in [3.8, 4) is 0 Å². The zero-order valence-corrected chi connectivity index (χ0v) is 9.14. The molecule has 0 aromatic carbocycles. The molecule has 0 aromatic heterocycles. The van der Waals surface area contributed by atoms with Crippen LogP contribution in [0.4, 0.5) is 8.78 Å². The first-order valence-corrected chi connectivity index (χ1v) is 5.82. The van der Waals surface area contributed by atoms with Crippen LogP contribution in [0, 0.1) is 17.3 Å². The Kier molecular flexibility index (Phi) is 2.60. The van der Waals surface area contributed by atoms with E-state index in [0.717, 1.165) is 32.0 Å². The smallest absolute Gasteiger partial charge is 0.251 e. The number of aldehydes is 1. The van der Waals surface area contributed by atoms with Gasteiger partial charge in [0.1, 0.15) is 6.29 Å². The normalized spacial score (nSPS) is 43.7. The monoisotopic (exact) mass is 216 g/mol. The molecule has 1 nitrogen and oxygen atoms in total. The van der Waals surface area contributed by atoms with Crippen LogP contribution in [0.1, 0.15) is 45.4 Å². The Labute approximate surface area is 89.2 Å². The van der Waals surface area contributed by atoms with E-state index in [1.54, 1.807) is 0 Å². The molecule has 0 heterocycles. The second-order valence-corrected chi connectivity index (χ2v) is 5.55. The molecule has 2 rings (SSSR count). The van der Waals surface area contributed by atoms with E-state index in [0.29, 0.717) is 12.3 Å². The van der Waals surface area contributed by atoms with Crippen molar-refractivity contribution in [1.82, 2.24) is 0 Å². The van der Waals surface area contributed by atoms with Crippen molar-refractivity contribution in [2.45, 2.75) is 51.4 Å². The highest BCUT2D eigenvalue weighted by molar-refractivity contribution is 5.59. The Hall–Kier alpha value is -0.470. The van der Waals surface area contributed by atoms with Crippen molar-refractivity contribution in [3.05, 3.63) is 0 Å². The predicted molar refractivity (Wildman–Crippen MR) is 53.8 cm³/mol. The van der Waals surface area contributed by atoms with E-state index in [4.69, 9.17) is 0 Å². The van der Waals surface area contributed by atoms with Gasteiger partial charge in [-0.25, -0.2) is 8.78 Å². The standard InChI is InChI=1S/C12H18F2O/c1-9-3-2-4-11(5-9,8-15)6-10-7-12(10,13)14/h8-10H,2-7H2,1H3. The van der Waals surface area contributed by atoms with E-state index in [1.165, 1.54) is 0 Å². The third-order valence-corrected chi connectivity index (χ3v) is 3.99. The van der Waals surface area contributed by atoms with Crippen LogP contribution in [0.25, 0.3) is 0 Å². The minimum atomic E-state index is -2.48. The van der Waals surface area contributed by atoms with Crippen LogP contribution >= 0.6 is 0 Å². The summed E-state index contributed by atoms with van der Waals surface area (Å²) in [7, 11) is 0. The summed E-state index contributed by atoms with van der Waals surface area (Å²) >= 11 is 0. The minimum Gasteiger partial charge on any atom is -0.303 e. The third kappa shape index (κ3) is 2.21. The quantitative estimate of drug-likeness (QED) is 0.660. The van der Waals surface area contributed by atoms with Crippen LogP contribution < -0.4 is 0 Å². The minimum absolute atomic E-state index is 0.00301. The number of hydrogen-bond donors (Lipinski definition) is 0. The molecule has 0 amide bonds. The third-order valence-electron chi connectivity index (χ3n) is 3.99. The van der Waals surface area contributed by atoms with Gasteiger partial charge in [0.05, 0.1) is 0 Å². The van der Waals surface area contributed by atoms with Crippen LogP contribution in [0.5, 0.6) is 0 Å². The van der Waals surface area contributed by atoms with Crippen LogP contribution in [-0.2, 0) is 4.79 Å². The Balaban J connectivity index is 1.99. The van der Waals surface area contributed by atoms with Gasteiger partial charge in [-0.15, -0.1) is 0 Å². The molecular weight excluding hydrogens is 198 g/mol. The van der Waals surface area contributed by atoms with E-state index < -0.39 is 17.3 Å². The topological polar surface area (TPSA) is 17.1 Å². The Morgan fingerprint density at radius 1 is 1.40 bits per heavy atom. The molecule has 3 heteroatoms. The summed E-state index contributed by atoms with van der Waals surface area (Å²) in [5, 5.41) is 0. The largest absolute Gasteiger partial charge is 0.303 e. The summed E-state index contributed by atoms with van der Waals surface area (Å²) in [6.07, 6.45) is 5.13. The van der Waals surface area contributed by atoms with Gasteiger partial charge in [0.2, 0.25) is 0 Å². The molecule has 0 bridgehead atoms. The summed E-state index contributed by atoms with van der Waals surface area (Å²) in [6, 6.07) is 0. The van der Waals surface area contributed by atoms with Crippen molar-refractivity contribution in [3.63, 3.8) is 0 Å². The maximum absolute atomic E-state index is 12.8. The molecule has 86 valence electrons. The highest BCUT2D eigenvalue weighted by Gasteiger charge is 2.59. The van der Waals surface area contributed by atoms with Crippen molar-refractivity contribution in [2.24, 2.45) is 17.3 Å². The SMILES string of the molecule is CC1CCCC(C=O)(CC2CC2(F)F)C1. The molecule has 15 heavy (non-hydrogen) atoms. The fourth-order valence-corrected chi connectivity index (χ4v) is 3.02. The van der Waals surface area contributed by atoms with Crippen LogP contribution in [0.15, 0.2) is 0 Å².